The van der Waals surface area contributed by atoms with E-state index in [1.165, 1.54) is 7.05 Å². The van der Waals surface area contributed by atoms with Gasteiger partial charge in [-0.3, -0.25) is 0 Å². The number of nitrogens with one attached hydrogen (secondary N) is 1. The van der Waals surface area contributed by atoms with Gasteiger partial charge in [0.1, 0.15) is 0 Å². The van der Waals surface area contributed by atoms with Gasteiger partial charge in [-0.1, -0.05) is 18.2 Å². The summed E-state index contributed by atoms with van der Waals surface area (Å²) in [6.45, 7) is 0. The minimum atomic E-state index is -0.535. The fraction of sp³-hybridized carbons (Fsp3) is 0.143. The number of anilines is 1. The molecule has 1 aromatic rings. The van der Waals surface area contributed by atoms with Gasteiger partial charge in [-0.15, -0.1) is 0 Å². The number of benzene rings is 1. The molecule has 1 N–H and O–H groups in total. The van der Waals surface area contributed by atoms with E-state index in [1.54, 1.807) is 24.3 Å². The summed E-state index contributed by atoms with van der Waals surface area (Å²) in [6.07, 6.45) is 0. The number of rotatable bonds is 3. The maximum Gasteiger partial charge on any atom is 0.180 e. The predicted octanol–water partition coefficient (Wildman–Crippen LogP) is 1.14. The van der Waals surface area contributed by atoms with Gasteiger partial charge in [0, 0.05) is 0 Å². The highest BCUT2D eigenvalue weighted by atomic mass is 16.7. The molecule has 12 heavy (non-hydrogen) atoms. The summed E-state index contributed by atoms with van der Waals surface area (Å²) in [5.41, 5.74) is 3.27. The number of hydrogen-bond acceptors (Lipinski definition) is 3. The topological polar surface area (TPSA) is 58.4 Å². The largest absolute Gasteiger partial charge is 0.246 e. The molecule has 5 nitrogen and oxygen atoms in total. The Hall–Kier alpha value is -1.78. The van der Waals surface area contributed by atoms with Crippen molar-refractivity contribution in [2.75, 3.05) is 12.5 Å². The maximum atomic E-state index is 10.2. The zero-order valence-electron chi connectivity index (χ0n) is 6.60. The second kappa shape index (κ2) is 3.56. The van der Waals surface area contributed by atoms with Crippen LogP contribution in [0.1, 0.15) is 0 Å². The van der Waals surface area contributed by atoms with Crippen LogP contribution in [0.2, 0.25) is 0 Å². The third-order valence-corrected chi connectivity index (χ3v) is 1.31. The van der Waals surface area contributed by atoms with Crippen LogP contribution in [0, 0.1) is 10.1 Å². The standard InChI is InChI=1S/C7H9N3O2/c1-9(10(11)12)8-7-5-3-2-4-6-7/h2-6,8H,1H3. The van der Waals surface area contributed by atoms with Crippen LogP contribution in [0.5, 0.6) is 0 Å². The quantitative estimate of drug-likeness (QED) is 0.541. The van der Waals surface area contributed by atoms with Crippen LogP contribution in [-0.2, 0) is 0 Å². The average molecular weight is 167 g/mol. The van der Waals surface area contributed by atoms with E-state index < -0.39 is 5.03 Å². The maximum absolute atomic E-state index is 10.2. The van der Waals surface area contributed by atoms with Crippen molar-refractivity contribution < 1.29 is 5.03 Å². The third kappa shape index (κ3) is 2.12. The van der Waals surface area contributed by atoms with Gasteiger partial charge in [-0.25, -0.2) is 15.5 Å². The summed E-state index contributed by atoms with van der Waals surface area (Å²) in [5, 5.41) is 10.4. The van der Waals surface area contributed by atoms with Crippen molar-refractivity contribution in [3.63, 3.8) is 0 Å². The summed E-state index contributed by atoms with van der Waals surface area (Å²) < 4.78 is 0. The number of nitrogens with zero attached hydrogens (tertiary/aromatic N) is 2. The van der Waals surface area contributed by atoms with Gasteiger partial charge < -0.3 is 0 Å². The first kappa shape index (κ1) is 8.32. The minimum Gasteiger partial charge on any atom is -0.246 e. The Balaban J connectivity index is 2.58. The Bertz CT molecular complexity index is 263. The fourth-order valence-corrected chi connectivity index (χ4v) is 0.740. The molecule has 1 rings (SSSR count). The lowest BCUT2D eigenvalue weighted by Gasteiger charge is -2.09. The molecular formula is C7H9N3O2. The lowest BCUT2D eigenvalue weighted by Crippen LogP contribution is -2.31. The highest BCUT2D eigenvalue weighted by Gasteiger charge is 2.04. The molecule has 0 amide bonds. The van der Waals surface area contributed by atoms with Gasteiger partial charge in [0.15, 0.2) is 5.03 Å². The van der Waals surface area contributed by atoms with Crippen LogP contribution in [0.4, 0.5) is 5.69 Å². The first-order valence-electron chi connectivity index (χ1n) is 3.40. The van der Waals surface area contributed by atoms with Crippen molar-refractivity contribution >= 4 is 5.69 Å². The molecule has 0 unspecified atom stereocenters. The summed E-state index contributed by atoms with van der Waals surface area (Å²) in [5.74, 6) is 0. The monoisotopic (exact) mass is 167 g/mol. The molecule has 0 saturated carbocycles. The fourth-order valence-electron chi connectivity index (χ4n) is 0.740. The van der Waals surface area contributed by atoms with Crippen molar-refractivity contribution in [3.05, 3.63) is 40.4 Å². The summed E-state index contributed by atoms with van der Waals surface area (Å²) in [4.78, 5) is 10.2. The van der Waals surface area contributed by atoms with E-state index in [-0.39, 0.29) is 0 Å². The number of para-hydroxylation sites is 1. The van der Waals surface area contributed by atoms with Crippen molar-refractivity contribution in [2.45, 2.75) is 0 Å². The summed E-state index contributed by atoms with van der Waals surface area (Å²) in [7, 11) is 1.34. The Morgan fingerprint density at radius 2 is 2.00 bits per heavy atom. The second-order valence-electron chi connectivity index (χ2n) is 2.24. The number of hydrogen-bond donors (Lipinski definition) is 1. The van der Waals surface area contributed by atoms with Crippen molar-refractivity contribution in [3.8, 4) is 0 Å². The molecule has 0 aromatic heterocycles. The summed E-state index contributed by atoms with van der Waals surface area (Å²) >= 11 is 0. The van der Waals surface area contributed by atoms with Crippen LogP contribution in [0.25, 0.3) is 0 Å². The molecule has 0 atom stereocenters. The SMILES string of the molecule is CN(Nc1ccccc1)[N+](=O)[O-]. The molecule has 0 bridgehead atoms. The Morgan fingerprint density at radius 3 is 2.50 bits per heavy atom. The van der Waals surface area contributed by atoms with Gasteiger partial charge in [0.2, 0.25) is 0 Å². The van der Waals surface area contributed by atoms with Gasteiger partial charge in [-0.2, -0.15) is 0 Å². The molecule has 0 aliphatic carbocycles. The zero-order valence-corrected chi connectivity index (χ0v) is 6.60. The van der Waals surface area contributed by atoms with Gasteiger partial charge in [0.25, 0.3) is 0 Å². The van der Waals surface area contributed by atoms with E-state index in [1.807, 2.05) is 6.07 Å². The van der Waals surface area contributed by atoms with Crippen molar-refractivity contribution in [1.29, 1.82) is 0 Å². The Labute approximate surface area is 69.7 Å². The minimum absolute atomic E-state index is 0.535. The van der Waals surface area contributed by atoms with Crippen molar-refractivity contribution in [2.24, 2.45) is 0 Å². The van der Waals surface area contributed by atoms with Crippen LogP contribution >= 0.6 is 0 Å². The van der Waals surface area contributed by atoms with Crippen molar-refractivity contribution in [1.82, 2.24) is 5.12 Å². The van der Waals surface area contributed by atoms with Gasteiger partial charge >= 0.3 is 0 Å². The van der Waals surface area contributed by atoms with Gasteiger partial charge in [-0.05, 0) is 17.3 Å². The highest BCUT2D eigenvalue weighted by molar-refractivity contribution is 5.40. The van der Waals surface area contributed by atoms with E-state index in [9.17, 15) is 10.1 Å². The molecular weight excluding hydrogens is 158 g/mol. The summed E-state index contributed by atoms with van der Waals surface area (Å²) in [6, 6.07) is 8.95. The number of nitro groups is 1. The predicted molar refractivity (Wildman–Crippen MR) is 44.8 cm³/mol. The van der Waals surface area contributed by atoms with Gasteiger partial charge in [0.05, 0.1) is 12.7 Å². The van der Waals surface area contributed by atoms with E-state index in [0.29, 0.717) is 5.69 Å². The first-order valence-corrected chi connectivity index (χ1v) is 3.40. The van der Waals surface area contributed by atoms with E-state index >= 15 is 0 Å². The Kier molecular flexibility index (Phi) is 2.47. The Morgan fingerprint density at radius 1 is 1.42 bits per heavy atom. The molecule has 0 fully saturated rings. The van der Waals surface area contributed by atoms with E-state index in [2.05, 4.69) is 5.43 Å². The molecule has 0 spiro atoms. The van der Waals surface area contributed by atoms with E-state index in [0.717, 1.165) is 5.12 Å². The molecule has 64 valence electrons. The molecule has 0 heterocycles. The molecule has 0 aliphatic rings. The normalized spacial score (nSPS) is 9.08. The lowest BCUT2D eigenvalue weighted by molar-refractivity contribution is -0.641. The molecule has 5 heteroatoms. The molecule has 0 aliphatic heterocycles. The van der Waals surface area contributed by atoms with Crippen LogP contribution in [0.15, 0.2) is 30.3 Å². The zero-order chi connectivity index (χ0) is 8.97. The van der Waals surface area contributed by atoms with Crippen LogP contribution < -0.4 is 5.43 Å². The third-order valence-electron chi connectivity index (χ3n) is 1.31. The first-order chi connectivity index (χ1) is 5.70. The molecule has 0 radical (unpaired) electrons. The molecule has 0 saturated heterocycles. The van der Waals surface area contributed by atoms with Crippen LogP contribution in [0.3, 0.4) is 0 Å². The second-order valence-corrected chi connectivity index (χ2v) is 2.24. The highest BCUT2D eigenvalue weighted by Crippen LogP contribution is 2.04. The smallest absolute Gasteiger partial charge is 0.180 e. The number of hydrazine groups is 2. The average Bonchev–Trinajstić information content (AvgIpc) is 2.06. The molecule has 1 aromatic carbocycles. The van der Waals surface area contributed by atoms with E-state index in [4.69, 9.17) is 0 Å². The van der Waals surface area contributed by atoms with Crippen LogP contribution in [-0.4, -0.2) is 17.2 Å². The lowest BCUT2D eigenvalue weighted by atomic mass is 10.3.